The topological polar surface area (TPSA) is 70.0 Å². The van der Waals surface area contributed by atoms with E-state index in [4.69, 9.17) is 0 Å². The summed E-state index contributed by atoms with van der Waals surface area (Å²) in [5, 5.41) is 0. The number of rotatable bonds is 6. The van der Waals surface area contributed by atoms with E-state index in [0.717, 1.165) is 12.8 Å². The van der Waals surface area contributed by atoms with Crippen LogP contribution in [0.2, 0.25) is 0 Å². The van der Waals surface area contributed by atoms with Gasteiger partial charge in [-0.15, -0.1) is 13.2 Å². The summed E-state index contributed by atoms with van der Waals surface area (Å²) in [4.78, 5) is 0. The number of hydrogen-bond donors (Lipinski definition) is 2. The van der Waals surface area contributed by atoms with Gasteiger partial charge in [0.2, 0.25) is 0 Å². The Morgan fingerprint density at radius 1 is 0.667 bits per heavy atom. The van der Waals surface area contributed by atoms with Crippen molar-refractivity contribution in [3.63, 3.8) is 0 Å². The quantitative estimate of drug-likeness (QED) is 0.692. The van der Waals surface area contributed by atoms with Gasteiger partial charge in [-0.2, -0.15) is 0 Å². The van der Waals surface area contributed by atoms with Crippen molar-refractivity contribution in [2.75, 3.05) is 0 Å². The smallest absolute Gasteiger partial charge is 0.0271 e. The minimum Gasteiger partial charge on any atom is -0.344 e. The maximum Gasteiger partial charge on any atom is 0.0271 e. The molecule has 112 valence electrons. The first-order chi connectivity index (χ1) is 9.33. The summed E-state index contributed by atoms with van der Waals surface area (Å²) >= 11 is 0. The molecule has 0 unspecified atom stereocenters. The summed E-state index contributed by atoms with van der Waals surface area (Å²) in [7, 11) is 0. The summed E-state index contributed by atoms with van der Waals surface area (Å²) in [5.41, 5.74) is 2.59. The Bertz CT molecular complexity index is 481. The van der Waals surface area contributed by atoms with Crippen molar-refractivity contribution in [2.45, 2.75) is 18.3 Å². The fourth-order valence-corrected chi connectivity index (χ4v) is 2.73. The van der Waals surface area contributed by atoms with Gasteiger partial charge >= 0.3 is 0 Å². The van der Waals surface area contributed by atoms with E-state index in [1.807, 2.05) is 12.2 Å². The molecule has 0 atom stereocenters. The van der Waals surface area contributed by atoms with Crippen molar-refractivity contribution in [3.8, 4) is 0 Å². The lowest BCUT2D eigenvalue weighted by atomic mass is 9.70. The summed E-state index contributed by atoms with van der Waals surface area (Å²) in [6.45, 7) is 7.89. The molecule has 2 rings (SSSR count). The third kappa shape index (κ3) is 3.91. The van der Waals surface area contributed by atoms with E-state index in [1.54, 1.807) is 0 Å². The lowest BCUT2D eigenvalue weighted by Crippen LogP contribution is -2.26. The first kappa shape index (κ1) is 18.8. The fraction of sp³-hybridized carbons (Fsp3) is 0.158. The summed E-state index contributed by atoms with van der Waals surface area (Å²) < 4.78 is 0. The Hall–Kier alpha value is -2.16. The molecule has 0 aliphatic rings. The van der Waals surface area contributed by atoms with Crippen LogP contribution in [0, 0.1) is 0 Å². The maximum absolute atomic E-state index is 3.94. The van der Waals surface area contributed by atoms with Gasteiger partial charge in [0.25, 0.3) is 0 Å². The van der Waals surface area contributed by atoms with E-state index in [2.05, 4.69) is 73.8 Å². The largest absolute Gasteiger partial charge is 0.344 e. The van der Waals surface area contributed by atoms with E-state index in [1.165, 1.54) is 11.1 Å². The van der Waals surface area contributed by atoms with Gasteiger partial charge in [-0.1, -0.05) is 72.8 Å². The molecule has 2 nitrogen and oxygen atoms in total. The van der Waals surface area contributed by atoms with Gasteiger partial charge < -0.3 is 12.3 Å². The van der Waals surface area contributed by atoms with Gasteiger partial charge in [-0.05, 0) is 24.0 Å². The summed E-state index contributed by atoms with van der Waals surface area (Å²) in [5.74, 6) is 0. The molecule has 2 aromatic carbocycles. The lowest BCUT2D eigenvalue weighted by molar-refractivity contribution is 0.529. The monoisotopic (exact) mass is 282 g/mol. The molecule has 21 heavy (non-hydrogen) atoms. The van der Waals surface area contributed by atoms with E-state index in [9.17, 15) is 0 Å². The maximum atomic E-state index is 3.94. The summed E-state index contributed by atoms with van der Waals surface area (Å²) in [6, 6.07) is 21.3. The highest BCUT2D eigenvalue weighted by molar-refractivity contribution is 5.40. The van der Waals surface area contributed by atoms with Crippen LogP contribution in [0.15, 0.2) is 86.0 Å². The van der Waals surface area contributed by atoms with Crippen LogP contribution in [-0.4, -0.2) is 0 Å². The van der Waals surface area contributed by atoms with Gasteiger partial charge in [-0.3, -0.25) is 0 Å². The van der Waals surface area contributed by atoms with Crippen LogP contribution in [0.4, 0.5) is 0 Å². The molecular formula is C19H26N2. The van der Waals surface area contributed by atoms with Crippen LogP contribution in [0.3, 0.4) is 0 Å². The van der Waals surface area contributed by atoms with Crippen LogP contribution in [0.25, 0.3) is 0 Å². The second kappa shape index (κ2) is 8.90. The minimum atomic E-state index is -0.0496. The zero-order valence-corrected chi connectivity index (χ0v) is 12.7. The standard InChI is InChI=1S/C19H20.2H3N/c1-3-15-19(16-4-2,17-11-7-5-8-12-17)18-13-9-6-10-14-18;;/h3-14H,1-2,15-16H2;2*1H3. The molecule has 0 aromatic heterocycles. The van der Waals surface area contributed by atoms with Crippen LogP contribution in [0.1, 0.15) is 24.0 Å². The van der Waals surface area contributed by atoms with Crippen molar-refractivity contribution < 1.29 is 0 Å². The molecule has 0 amide bonds. The zero-order chi connectivity index (χ0) is 13.6. The fourth-order valence-electron chi connectivity index (χ4n) is 2.73. The minimum absolute atomic E-state index is 0. The molecule has 0 saturated heterocycles. The SMILES string of the molecule is C=CCC(CC=C)(c1ccccc1)c1ccccc1.N.N. The third-order valence-corrected chi connectivity index (χ3v) is 3.64. The zero-order valence-electron chi connectivity index (χ0n) is 12.7. The second-order valence-electron chi connectivity index (χ2n) is 4.80. The molecule has 6 N–H and O–H groups in total. The molecule has 0 spiro atoms. The van der Waals surface area contributed by atoms with Crippen LogP contribution in [-0.2, 0) is 5.41 Å². The van der Waals surface area contributed by atoms with Crippen molar-refractivity contribution in [3.05, 3.63) is 97.1 Å². The highest BCUT2D eigenvalue weighted by Crippen LogP contribution is 2.39. The van der Waals surface area contributed by atoms with Crippen molar-refractivity contribution >= 4 is 0 Å². The molecule has 2 aromatic rings. The first-order valence-corrected chi connectivity index (χ1v) is 6.66. The van der Waals surface area contributed by atoms with Gasteiger partial charge in [0, 0.05) is 5.41 Å². The molecule has 2 heteroatoms. The molecule has 0 saturated carbocycles. The van der Waals surface area contributed by atoms with Crippen LogP contribution >= 0.6 is 0 Å². The normalized spacial score (nSPS) is 9.90. The Morgan fingerprint density at radius 2 is 1.00 bits per heavy atom. The van der Waals surface area contributed by atoms with Gasteiger partial charge in [0.05, 0.1) is 0 Å². The van der Waals surface area contributed by atoms with Crippen molar-refractivity contribution in [2.24, 2.45) is 0 Å². The lowest BCUT2D eigenvalue weighted by Gasteiger charge is -2.33. The Kier molecular flexibility index (Phi) is 7.99. The van der Waals surface area contributed by atoms with Crippen LogP contribution in [0.5, 0.6) is 0 Å². The molecule has 0 aliphatic heterocycles. The van der Waals surface area contributed by atoms with Gasteiger partial charge in [-0.25, -0.2) is 0 Å². The molecule has 0 bridgehead atoms. The van der Waals surface area contributed by atoms with Crippen LogP contribution < -0.4 is 12.3 Å². The molecular weight excluding hydrogens is 256 g/mol. The average Bonchev–Trinajstić information content (AvgIpc) is 2.49. The predicted octanol–water partition coefficient (Wildman–Crippen LogP) is 5.45. The van der Waals surface area contributed by atoms with E-state index >= 15 is 0 Å². The Balaban J connectivity index is 0.00000200. The van der Waals surface area contributed by atoms with Gasteiger partial charge in [0.15, 0.2) is 0 Å². The van der Waals surface area contributed by atoms with Crippen molar-refractivity contribution in [1.29, 1.82) is 0 Å². The molecule has 0 fully saturated rings. The van der Waals surface area contributed by atoms with E-state index in [0.29, 0.717) is 0 Å². The van der Waals surface area contributed by atoms with E-state index < -0.39 is 0 Å². The highest BCUT2D eigenvalue weighted by Gasteiger charge is 2.31. The molecule has 0 aliphatic carbocycles. The third-order valence-electron chi connectivity index (χ3n) is 3.64. The number of hydrogen-bond acceptors (Lipinski definition) is 2. The number of allylic oxidation sites excluding steroid dienone is 2. The Morgan fingerprint density at radius 3 is 1.29 bits per heavy atom. The second-order valence-corrected chi connectivity index (χ2v) is 4.80. The Labute approximate surface area is 128 Å². The van der Waals surface area contributed by atoms with Gasteiger partial charge in [0.1, 0.15) is 0 Å². The summed E-state index contributed by atoms with van der Waals surface area (Å²) in [6.07, 6.45) is 5.83. The predicted molar refractivity (Wildman–Crippen MR) is 93.3 cm³/mol. The van der Waals surface area contributed by atoms with Crippen molar-refractivity contribution in [1.82, 2.24) is 12.3 Å². The average molecular weight is 282 g/mol. The first-order valence-electron chi connectivity index (χ1n) is 6.66. The molecule has 0 radical (unpaired) electrons. The number of benzene rings is 2. The molecule has 0 heterocycles. The van der Waals surface area contributed by atoms with E-state index in [-0.39, 0.29) is 17.7 Å². The highest BCUT2D eigenvalue weighted by atomic mass is 14.3.